The van der Waals surface area contributed by atoms with Crippen molar-refractivity contribution >= 4 is 0 Å². The van der Waals surface area contributed by atoms with Gasteiger partial charge in [-0.15, -0.1) is 0 Å². The van der Waals surface area contributed by atoms with Crippen molar-refractivity contribution in [1.29, 1.82) is 0 Å². The third-order valence-electron chi connectivity index (χ3n) is 4.49. The highest BCUT2D eigenvalue weighted by atomic mass is 16.6. The molecule has 1 saturated heterocycles. The van der Waals surface area contributed by atoms with Crippen molar-refractivity contribution in [3.05, 3.63) is 35.9 Å². The van der Waals surface area contributed by atoms with Crippen molar-refractivity contribution in [3.63, 3.8) is 0 Å². The second kappa shape index (κ2) is 7.21. The van der Waals surface area contributed by atoms with E-state index in [0.29, 0.717) is 12.0 Å². The van der Waals surface area contributed by atoms with Crippen molar-refractivity contribution in [2.75, 3.05) is 26.4 Å². The highest BCUT2D eigenvalue weighted by Gasteiger charge is 2.27. The fourth-order valence-corrected chi connectivity index (χ4v) is 3.41. The predicted molar refractivity (Wildman–Crippen MR) is 80.0 cm³/mol. The minimum absolute atomic E-state index is 0.224. The normalized spacial score (nSPS) is 31.1. The molecule has 0 aromatic heterocycles. The van der Waals surface area contributed by atoms with Gasteiger partial charge in [-0.1, -0.05) is 43.2 Å². The molecule has 0 spiro atoms. The Labute approximate surface area is 121 Å². The average molecular weight is 275 g/mol. The lowest BCUT2D eigenvalue weighted by atomic mass is 9.80. The lowest BCUT2D eigenvalue weighted by Gasteiger charge is -2.34. The van der Waals surface area contributed by atoms with Crippen LogP contribution in [0.1, 0.15) is 37.2 Å². The first-order valence-corrected chi connectivity index (χ1v) is 7.91. The van der Waals surface area contributed by atoms with E-state index in [0.717, 1.165) is 26.4 Å². The summed E-state index contributed by atoms with van der Waals surface area (Å²) >= 11 is 0. The molecule has 1 aromatic rings. The van der Waals surface area contributed by atoms with Crippen LogP contribution in [0.5, 0.6) is 0 Å². The number of nitrogens with one attached hydrogen (secondary N) is 1. The highest BCUT2D eigenvalue weighted by molar-refractivity contribution is 5.22. The van der Waals surface area contributed by atoms with Crippen LogP contribution in [-0.4, -0.2) is 38.5 Å². The Morgan fingerprint density at radius 3 is 2.70 bits per heavy atom. The molecule has 3 heteroatoms. The predicted octanol–water partition coefficient (Wildman–Crippen LogP) is 2.72. The molecule has 2 fully saturated rings. The van der Waals surface area contributed by atoms with Crippen LogP contribution in [0.25, 0.3) is 0 Å². The Bertz CT molecular complexity index is 389. The molecule has 3 nitrogen and oxygen atoms in total. The Balaban J connectivity index is 1.57. The monoisotopic (exact) mass is 275 g/mol. The van der Waals surface area contributed by atoms with Crippen LogP contribution < -0.4 is 5.32 Å². The van der Waals surface area contributed by atoms with Crippen LogP contribution in [0.15, 0.2) is 30.3 Å². The third kappa shape index (κ3) is 3.60. The lowest BCUT2D eigenvalue weighted by Crippen LogP contribution is -2.44. The number of rotatable bonds is 4. The topological polar surface area (TPSA) is 30.5 Å². The molecule has 20 heavy (non-hydrogen) atoms. The summed E-state index contributed by atoms with van der Waals surface area (Å²) < 4.78 is 11.2. The smallest absolute Gasteiger partial charge is 0.0933 e. The minimum Gasteiger partial charge on any atom is -0.376 e. The van der Waals surface area contributed by atoms with Gasteiger partial charge in [0.05, 0.1) is 25.9 Å². The number of ether oxygens (including phenoxy) is 2. The summed E-state index contributed by atoms with van der Waals surface area (Å²) in [4.78, 5) is 0. The maximum atomic E-state index is 5.72. The first kappa shape index (κ1) is 14.1. The number of benzene rings is 1. The van der Waals surface area contributed by atoms with Crippen LogP contribution in [0.2, 0.25) is 0 Å². The summed E-state index contributed by atoms with van der Waals surface area (Å²) in [7, 11) is 0. The summed E-state index contributed by atoms with van der Waals surface area (Å²) in [6.45, 7) is 3.12. The van der Waals surface area contributed by atoms with Crippen LogP contribution in [0.3, 0.4) is 0 Å². The van der Waals surface area contributed by atoms with Gasteiger partial charge in [-0.25, -0.2) is 0 Å². The molecular weight excluding hydrogens is 250 g/mol. The fourth-order valence-electron chi connectivity index (χ4n) is 3.41. The van der Waals surface area contributed by atoms with Gasteiger partial charge in [0.15, 0.2) is 0 Å². The SMILES string of the molecule is c1ccc(C2CCCCC2NCC2COCCO2)cc1. The molecule has 110 valence electrons. The summed E-state index contributed by atoms with van der Waals surface area (Å²) in [5.41, 5.74) is 1.48. The van der Waals surface area contributed by atoms with Crippen molar-refractivity contribution < 1.29 is 9.47 Å². The van der Waals surface area contributed by atoms with Gasteiger partial charge < -0.3 is 14.8 Å². The molecule has 0 bridgehead atoms. The van der Waals surface area contributed by atoms with E-state index in [2.05, 4.69) is 35.6 Å². The first-order chi connectivity index (χ1) is 9.93. The number of hydrogen-bond acceptors (Lipinski definition) is 3. The Kier molecular flexibility index (Phi) is 5.06. The lowest BCUT2D eigenvalue weighted by molar-refractivity contribution is -0.0874. The van der Waals surface area contributed by atoms with Gasteiger partial charge in [-0.2, -0.15) is 0 Å². The van der Waals surface area contributed by atoms with E-state index in [1.807, 2.05) is 0 Å². The van der Waals surface area contributed by atoms with E-state index < -0.39 is 0 Å². The minimum atomic E-state index is 0.224. The van der Waals surface area contributed by atoms with Crippen LogP contribution in [0, 0.1) is 0 Å². The van der Waals surface area contributed by atoms with Gasteiger partial charge in [0.1, 0.15) is 0 Å². The molecule has 1 saturated carbocycles. The van der Waals surface area contributed by atoms with Crippen LogP contribution >= 0.6 is 0 Å². The second-order valence-electron chi connectivity index (χ2n) is 5.88. The molecular formula is C17H25NO2. The molecule has 1 heterocycles. The summed E-state index contributed by atoms with van der Waals surface area (Å²) in [5, 5.41) is 3.73. The van der Waals surface area contributed by atoms with Crippen molar-refractivity contribution in [1.82, 2.24) is 5.32 Å². The molecule has 3 rings (SSSR count). The standard InChI is InChI=1S/C17H25NO2/c1-2-6-14(7-3-1)16-8-4-5-9-17(16)18-12-15-13-19-10-11-20-15/h1-3,6-7,15-18H,4-5,8-13H2. The maximum absolute atomic E-state index is 5.72. The van der Waals surface area contributed by atoms with E-state index in [4.69, 9.17) is 9.47 Å². The van der Waals surface area contributed by atoms with Gasteiger partial charge in [0.2, 0.25) is 0 Å². The van der Waals surface area contributed by atoms with Gasteiger partial charge in [0.25, 0.3) is 0 Å². The molecule has 3 unspecified atom stereocenters. The zero-order valence-electron chi connectivity index (χ0n) is 12.1. The van der Waals surface area contributed by atoms with Crippen molar-refractivity contribution in [3.8, 4) is 0 Å². The van der Waals surface area contributed by atoms with Crippen molar-refractivity contribution in [2.24, 2.45) is 0 Å². The average Bonchev–Trinajstić information content (AvgIpc) is 2.55. The second-order valence-corrected chi connectivity index (χ2v) is 5.88. The summed E-state index contributed by atoms with van der Waals surface area (Å²) in [6, 6.07) is 11.5. The Morgan fingerprint density at radius 2 is 1.90 bits per heavy atom. The molecule has 1 N–H and O–H groups in total. The molecule has 3 atom stereocenters. The summed E-state index contributed by atoms with van der Waals surface area (Å²) in [5.74, 6) is 0.648. The van der Waals surface area contributed by atoms with E-state index in [9.17, 15) is 0 Å². The van der Waals surface area contributed by atoms with E-state index in [1.165, 1.54) is 31.2 Å². The fraction of sp³-hybridized carbons (Fsp3) is 0.647. The first-order valence-electron chi connectivity index (χ1n) is 7.91. The molecule has 1 aromatic carbocycles. The summed E-state index contributed by atoms with van der Waals surface area (Å²) in [6.07, 6.45) is 5.47. The Hall–Kier alpha value is -0.900. The van der Waals surface area contributed by atoms with Gasteiger partial charge >= 0.3 is 0 Å². The van der Waals surface area contributed by atoms with E-state index >= 15 is 0 Å². The molecule has 1 aliphatic heterocycles. The van der Waals surface area contributed by atoms with Crippen LogP contribution in [-0.2, 0) is 9.47 Å². The van der Waals surface area contributed by atoms with E-state index in [-0.39, 0.29) is 6.10 Å². The zero-order valence-corrected chi connectivity index (χ0v) is 12.1. The molecule has 0 radical (unpaired) electrons. The van der Waals surface area contributed by atoms with E-state index in [1.54, 1.807) is 0 Å². The highest BCUT2D eigenvalue weighted by Crippen LogP contribution is 2.32. The quantitative estimate of drug-likeness (QED) is 0.916. The maximum Gasteiger partial charge on any atom is 0.0933 e. The van der Waals surface area contributed by atoms with Gasteiger partial charge in [0, 0.05) is 12.6 Å². The molecule has 0 amide bonds. The van der Waals surface area contributed by atoms with Crippen molar-refractivity contribution in [2.45, 2.75) is 43.7 Å². The Morgan fingerprint density at radius 1 is 1.05 bits per heavy atom. The number of hydrogen-bond donors (Lipinski definition) is 1. The van der Waals surface area contributed by atoms with Crippen LogP contribution in [0.4, 0.5) is 0 Å². The molecule has 1 aliphatic carbocycles. The largest absolute Gasteiger partial charge is 0.376 e. The zero-order chi connectivity index (χ0) is 13.6. The molecule has 2 aliphatic rings. The van der Waals surface area contributed by atoms with Gasteiger partial charge in [-0.05, 0) is 24.3 Å². The van der Waals surface area contributed by atoms with Gasteiger partial charge in [-0.3, -0.25) is 0 Å². The third-order valence-corrected chi connectivity index (χ3v) is 4.49.